The average Bonchev–Trinajstić information content (AvgIpc) is 3.33. The molecule has 1 atom stereocenters. The number of amides is 3. The molecular weight excluding hydrogens is 933 g/mol. The highest BCUT2D eigenvalue weighted by atomic mass is 32.2. The third-order valence-corrected chi connectivity index (χ3v) is 12.2. The normalized spacial score (nSPS) is 12.0. The minimum absolute atomic E-state index is 0.0491. The molecule has 8 N–H and O–H groups in total. The lowest BCUT2D eigenvalue weighted by Crippen LogP contribution is -2.48. The number of H-pyrrole nitrogens is 1. The van der Waals surface area contributed by atoms with E-state index in [-0.39, 0.29) is 80.7 Å². The summed E-state index contributed by atoms with van der Waals surface area (Å²) < 4.78 is 45.9. The van der Waals surface area contributed by atoms with Crippen molar-refractivity contribution < 1.29 is 46.2 Å². The molecule has 20 nitrogen and oxygen atoms in total. The number of carbonyl (C=O) groups excluding carboxylic acids is 4. The number of hydrogen-bond donors (Lipinski definition) is 7. The third-order valence-electron chi connectivity index (χ3n) is 11.3. The lowest BCUT2D eigenvalue weighted by atomic mass is 10.0. The number of aromatic amines is 1. The first kappa shape index (κ1) is 51.0. The van der Waals surface area contributed by atoms with Crippen LogP contribution in [-0.4, -0.2) is 94.7 Å². The van der Waals surface area contributed by atoms with Crippen LogP contribution in [-0.2, 0) is 32.7 Å². The number of para-hydroxylation sites is 2. The minimum Gasteiger partial charge on any atom is -0.422 e. The number of hydrogen-bond acceptors (Lipinski definition) is 14. The maximum atomic E-state index is 14.1. The van der Waals surface area contributed by atoms with Crippen molar-refractivity contribution in [1.82, 2.24) is 35.9 Å². The Morgan fingerprint density at radius 3 is 2.11 bits per heavy atom. The van der Waals surface area contributed by atoms with E-state index in [1.54, 1.807) is 74.5 Å². The second kappa shape index (κ2) is 22.7. The van der Waals surface area contributed by atoms with Gasteiger partial charge in [-0.1, -0.05) is 38.1 Å². The molecule has 0 aliphatic carbocycles. The van der Waals surface area contributed by atoms with Crippen molar-refractivity contribution in [3.05, 3.63) is 135 Å². The van der Waals surface area contributed by atoms with E-state index < -0.39 is 39.3 Å². The Hall–Kier alpha value is -7.88. The van der Waals surface area contributed by atoms with Crippen LogP contribution in [0.2, 0.25) is 0 Å². The number of ether oxygens (including phenoxy) is 2. The summed E-state index contributed by atoms with van der Waals surface area (Å²) in [4.78, 5) is 80.8. The molecule has 7 aromatic rings. The summed E-state index contributed by atoms with van der Waals surface area (Å²) in [6, 6.07) is 23.7. The van der Waals surface area contributed by atoms with Gasteiger partial charge in [0.15, 0.2) is 17.7 Å². The van der Waals surface area contributed by atoms with Gasteiger partial charge in [0.05, 0.1) is 53.7 Å². The van der Waals surface area contributed by atoms with E-state index in [9.17, 15) is 36.9 Å². The van der Waals surface area contributed by atoms with Crippen LogP contribution in [0.15, 0.2) is 95.9 Å². The first-order valence-electron chi connectivity index (χ1n) is 22.9. The number of aryl methyl sites for hydroxylation is 3. The van der Waals surface area contributed by atoms with E-state index in [0.29, 0.717) is 73.2 Å². The van der Waals surface area contributed by atoms with E-state index in [0.717, 1.165) is 0 Å². The molecule has 0 saturated carbocycles. The number of nitrogen functional groups attached to an aromatic ring is 1. The third kappa shape index (κ3) is 13.1. The molecule has 4 aromatic carbocycles. The quantitative estimate of drug-likeness (QED) is 0.0132. The van der Waals surface area contributed by atoms with Gasteiger partial charge >= 0.3 is 5.97 Å². The number of nitrogens with zero attached hydrogens (tertiary/aromatic N) is 4. The van der Waals surface area contributed by atoms with Crippen LogP contribution in [0.25, 0.3) is 33.0 Å². The van der Waals surface area contributed by atoms with Crippen molar-refractivity contribution in [2.45, 2.75) is 59.7 Å². The van der Waals surface area contributed by atoms with Crippen molar-refractivity contribution in [2.24, 2.45) is 5.92 Å². The lowest BCUT2D eigenvalue weighted by molar-refractivity contribution is -0.645. The summed E-state index contributed by atoms with van der Waals surface area (Å²) in [5.74, 6) is -1.79. The van der Waals surface area contributed by atoms with Crippen molar-refractivity contribution >= 4 is 78.4 Å². The average molecular weight is 988 g/mol. The molecule has 0 fully saturated rings. The Kier molecular flexibility index (Phi) is 16.3. The van der Waals surface area contributed by atoms with Crippen molar-refractivity contribution in [3.8, 4) is 5.75 Å². The van der Waals surface area contributed by atoms with E-state index >= 15 is 0 Å². The van der Waals surface area contributed by atoms with Crippen molar-refractivity contribution in [3.63, 3.8) is 0 Å². The van der Waals surface area contributed by atoms with Gasteiger partial charge in [-0.3, -0.25) is 28.7 Å². The van der Waals surface area contributed by atoms with Crippen LogP contribution < -0.4 is 41.9 Å². The van der Waals surface area contributed by atoms with Crippen molar-refractivity contribution in [2.75, 3.05) is 43.1 Å². The fourth-order valence-electron chi connectivity index (χ4n) is 8.11. The summed E-state index contributed by atoms with van der Waals surface area (Å²) in [7, 11) is -4.16. The Morgan fingerprint density at radius 2 is 1.48 bits per heavy atom. The first-order valence-corrected chi connectivity index (χ1v) is 24.5. The van der Waals surface area contributed by atoms with Gasteiger partial charge in [0.25, 0.3) is 27.5 Å². The molecule has 3 heterocycles. The van der Waals surface area contributed by atoms with Crippen LogP contribution in [0.5, 0.6) is 5.75 Å². The predicted octanol–water partition coefficient (Wildman–Crippen LogP) is 4.32. The SMILES string of the molecule is Cc1cc(C(=O)NCCOCCNC(=O)C(CC(C)C)NC(=O)c2ccc(NCc3cnc4nc(N)[nH]c(=O)c4n3)cc2)cc(C)c1OC(=O)c1c2ccccc2[n+](CCCS(=O)(=O)O)c2ccccc12. The zero-order valence-corrected chi connectivity index (χ0v) is 40.4. The molecule has 0 bridgehead atoms. The Morgan fingerprint density at radius 1 is 0.845 bits per heavy atom. The molecule has 7 rings (SSSR count). The number of benzene rings is 4. The monoisotopic (exact) mass is 987 g/mol. The summed E-state index contributed by atoms with van der Waals surface area (Å²) in [5, 5.41) is 12.9. The van der Waals surface area contributed by atoms with Gasteiger partial charge in [-0.05, 0) is 85.8 Å². The highest BCUT2D eigenvalue weighted by Gasteiger charge is 2.27. The Bertz CT molecular complexity index is 3230. The Balaban J connectivity index is 0.866. The van der Waals surface area contributed by atoms with Gasteiger partial charge < -0.3 is 36.5 Å². The van der Waals surface area contributed by atoms with Crippen LogP contribution in [0, 0.1) is 19.8 Å². The molecule has 0 spiro atoms. The number of rotatable bonds is 21. The van der Waals surface area contributed by atoms with Gasteiger partial charge in [-0.25, -0.2) is 14.8 Å². The van der Waals surface area contributed by atoms with Gasteiger partial charge in [0.2, 0.25) is 22.9 Å². The number of aromatic nitrogens is 5. The molecule has 1 unspecified atom stereocenters. The van der Waals surface area contributed by atoms with Gasteiger partial charge in [-0.15, -0.1) is 0 Å². The fourth-order valence-corrected chi connectivity index (χ4v) is 8.60. The van der Waals surface area contributed by atoms with E-state index in [2.05, 4.69) is 41.2 Å². The van der Waals surface area contributed by atoms with Crippen LogP contribution in [0.3, 0.4) is 0 Å². The smallest absolute Gasteiger partial charge is 0.345 e. The molecule has 0 aliphatic rings. The van der Waals surface area contributed by atoms with Crippen LogP contribution in [0.1, 0.15) is 74.6 Å². The Labute approximate surface area is 408 Å². The number of fused-ring (bicyclic) bond motifs is 3. The topological polar surface area (TPSA) is 291 Å². The molecule has 3 amide bonds. The second-order valence-corrected chi connectivity index (χ2v) is 18.8. The summed E-state index contributed by atoms with van der Waals surface area (Å²) in [6.07, 6.45) is 2.05. The summed E-state index contributed by atoms with van der Waals surface area (Å²) in [6.45, 7) is 8.58. The summed E-state index contributed by atoms with van der Waals surface area (Å²) >= 11 is 0. The maximum Gasteiger partial charge on any atom is 0.345 e. The molecule has 21 heteroatoms. The molecule has 0 saturated heterocycles. The molecular formula is C50H55N10O10S+. The second-order valence-electron chi connectivity index (χ2n) is 17.3. The highest BCUT2D eigenvalue weighted by Crippen LogP contribution is 2.30. The molecule has 3 aromatic heterocycles. The number of anilines is 2. The van der Waals surface area contributed by atoms with Gasteiger partial charge in [0.1, 0.15) is 11.8 Å². The number of esters is 1. The first-order chi connectivity index (χ1) is 33.9. The van der Waals surface area contributed by atoms with Gasteiger partial charge in [-0.2, -0.15) is 18.0 Å². The van der Waals surface area contributed by atoms with Gasteiger partial charge in [0, 0.05) is 48.5 Å². The number of pyridine rings is 1. The van der Waals surface area contributed by atoms with Crippen molar-refractivity contribution in [1.29, 1.82) is 0 Å². The summed E-state index contributed by atoms with van der Waals surface area (Å²) in [5.41, 5.74) is 10.0. The largest absolute Gasteiger partial charge is 0.422 e. The molecule has 0 aliphatic heterocycles. The minimum atomic E-state index is -4.16. The number of carbonyl (C=O) groups is 4. The van der Waals surface area contributed by atoms with Crippen LogP contribution in [0.4, 0.5) is 11.6 Å². The number of nitrogens with two attached hydrogens (primary N) is 1. The van der Waals surface area contributed by atoms with E-state index in [4.69, 9.17) is 15.2 Å². The highest BCUT2D eigenvalue weighted by molar-refractivity contribution is 7.85. The van der Waals surface area contributed by atoms with Crippen LogP contribution >= 0.6 is 0 Å². The fraction of sp³-hybridized carbons (Fsp3) is 0.300. The molecule has 370 valence electrons. The predicted molar refractivity (Wildman–Crippen MR) is 267 cm³/mol. The molecule has 71 heavy (non-hydrogen) atoms. The maximum absolute atomic E-state index is 14.1. The zero-order chi connectivity index (χ0) is 50.8. The zero-order valence-electron chi connectivity index (χ0n) is 39.6. The molecule has 0 radical (unpaired) electrons. The standard InChI is InChI=1S/C50H54N10O10S/c1-29(2)24-38(57-46(62)32-14-16-34(17-15-32)54-27-35-28-55-44-42(56-35)48(64)59-50(51)58-44)47(63)53-19-22-69-21-18-52-45(61)33-25-30(3)43(31(4)26-33)70-49(65)41-36-10-5-7-12-39(36)60(20-9-23-71(66,67)68)40-13-8-6-11-37(40)41/h5-8,10-17,25-26,28-29,38H,9,18-24,27H2,1-4H3,(H7-,51,52,53,54,55,57,58,59,61,62,63,64,66,67,68)/p+1. The van der Waals surface area contributed by atoms with E-state index in [1.807, 2.05) is 42.7 Å². The number of nitrogens with one attached hydrogen (secondary N) is 5. The lowest BCUT2D eigenvalue weighted by Gasteiger charge is -2.20. The van der Waals surface area contributed by atoms with E-state index in [1.165, 1.54) is 6.20 Å².